The Labute approximate surface area is 266 Å². The van der Waals surface area contributed by atoms with E-state index in [1.54, 1.807) is 14.2 Å². The van der Waals surface area contributed by atoms with E-state index in [0.29, 0.717) is 0 Å². The summed E-state index contributed by atoms with van der Waals surface area (Å²) < 4.78 is 44.7. The van der Waals surface area contributed by atoms with Gasteiger partial charge in [-0.3, -0.25) is 0 Å². The highest BCUT2D eigenvalue weighted by atomic mass is 35.7. The summed E-state index contributed by atoms with van der Waals surface area (Å²) in [4.78, 5) is 4.12. The number of anilines is 2. The number of ether oxygens (including phenoxy) is 2. The molecule has 9 nitrogen and oxygen atoms in total. The zero-order chi connectivity index (χ0) is 33.2. The van der Waals surface area contributed by atoms with E-state index in [0.717, 1.165) is 50.7 Å². The first-order chi connectivity index (χ1) is 21.2. The van der Waals surface area contributed by atoms with E-state index in [1.807, 2.05) is 118 Å². The molecule has 0 saturated heterocycles. The summed E-state index contributed by atoms with van der Waals surface area (Å²) in [7, 11) is 6.42. The normalized spacial score (nSPS) is 13.0. The number of benzene rings is 4. The zero-order valence-electron chi connectivity index (χ0n) is 26.1. The van der Waals surface area contributed by atoms with Gasteiger partial charge >= 0.3 is 0 Å². The second kappa shape index (κ2) is 15.6. The molecule has 4 rings (SSSR count). The first kappa shape index (κ1) is 35.1. The standard InChI is InChI=1S/C35H38N2O3.ClHO4/c1-36(2)30-17-9-26(10-18-30)34(27-11-21-32(39-5)22-12-27)8-7-25-35(38,29-15-23-33(40-6)24-16-29)28-13-19-31(20-14-28)37(3)4;2-1(3,4)5/h7-25,38H,1-6H3;(H,2,3,4,5)/p-1. The molecule has 0 bridgehead atoms. The highest BCUT2D eigenvalue weighted by Crippen LogP contribution is 2.34. The Bertz CT molecular complexity index is 1540. The maximum absolute atomic E-state index is 12.2. The van der Waals surface area contributed by atoms with Gasteiger partial charge in [-0.1, -0.05) is 60.7 Å². The minimum Gasteiger partial charge on any atom is -0.497 e. The van der Waals surface area contributed by atoms with Crippen LogP contribution >= 0.6 is 0 Å². The van der Waals surface area contributed by atoms with Crippen LogP contribution in [0.5, 0.6) is 11.5 Å². The van der Waals surface area contributed by atoms with E-state index < -0.39 is 15.8 Å². The largest absolute Gasteiger partial charge is 0.497 e. The average Bonchev–Trinajstić information content (AvgIpc) is 3.02. The number of hydrogen-bond donors (Lipinski definition) is 1. The summed E-state index contributed by atoms with van der Waals surface area (Å²) in [5.74, 6) is 1.54. The van der Waals surface area contributed by atoms with E-state index >= 15 is 0 Å². The van der Waals surface area contributed by atoms with Gasteiger partial charge in [0.1, 0.15) is 17.1 Å². The molecule has 45 heavy (non-hydrogen) atoms. The molecule has 238 valence electrons. The summed E-state index contributed by atoms with van der Waals surface area (Å²) in [6, 6.07) is 32.0. The maximum atomic E-state index is 12.2. The molecule has 1 N–H and O–H groups in total. The minimum atomic E-state index is -4.94. The van der Waals surface area contributed by atoms with Crippen LogP contribution < -0.4 is 37.9 Å². The van der Waals surface area contributed by atoms with Crippen LogP contribution in [-0.4, -0.2) is 47.5 Å². The Morgan fingerprint density at radius 2 is 0.956 bits per heavy atom. The Kier molecular flexibility index (Phi) is 12.2. The second-order valence-electron chi connectivity index (χ2n) is 10.4. The molecule has 0 amide bonds. The lowest BCUT2D eigenvalue weighted by Gasteiger charge is -2.27. The fraction of sp³-hybridized carbons (Fsp3) is 0.200. The van der Waals surface area contributed by atoms with E-state index in [2.05, 4.69) is 35.2 Å². The zero-order valence-corrected chi connectivity index (χ0v) is 26.9. The predicted octanol–water partition coefficient (Wildman–Crippen LogP) is 2.00. The molecule has 0 heterocycles. The van der Waals surface area contributed by atoms with Gasteiger partial charge in [0.25, 0.3) is 0 Å². The van der Waals surface area contributed by atoms with Crippen LogP contribution in [0.25, 0.3) is 5.57 Å². The third-order valence-electron chi connectivity index (χ3n) is 7.05. The Morgan fingerprint density at radius 1 is 0.622 bits per heavy atom. The Morgan fingerprint density at radius 3 is 1.33 bits per heavy atom. The van der Waals surface area contributed by atoms with Crippen LogP contribution in [0.2, 0.25) is 0 Å². The Balaban J connectivity index is 0.00000102. The smallest absolute Gasteiger partial charge is 0.133 e. The van der Waals surface area contributed by atoms with Crippen molar-refractivity contribution in [1.29, 1.82) is 0 Å². The highest BCUT2D eigenvalue weighted by molar-refractivity contribution is 5.81. The summed E-state index contributed by atoms with van der Waals surface area (Å²) in [5, 5.41) is 12.2. The van der Waals surface area contributed by atoms with Crippen LogP contribution in [-0.2, 0) is 5.60 Å². The summed E-state index contributed by atoms with van der Waals surface area (Å²) >= 11 is 0. The van der Waals surface area contributed by atoms with Crippen LogP contribution in [0.3, 0.4) is 0 Å². The maximum Gasteiger partial charge on any atom is 0.133 e. The number of allylic oxidation sites excluding steroid dienone is 2. The molecule has 0 spiro atoms. The van der Waals surface area contributed by atoms with Crippen molar-refractivity contribution in [3.8, 4) is 11.5 Å². The number of nitrogens with zero attached hydrogens (tertiary/aromatic N) is 2. The third kappa shape index (κ3) is 10.1. The fourth-order valence-electron chi connectivity index (χ4n) is 4.57. The topological polar surface area (TPSA) is 137 Å². The second-order valence-corrected chi connectivity index (χ2v) is 11.2. The van der Waals surface area contributed by atoms with Crippen molar-refractivity contribution in [2.75, 3.05) is 52.2 Å². The monoisotopic (exact) mass is 633 g/mol. The number of hydrogen-bond acceptors (Lipinski definition) is 9. The van der Waals surface area contributed by atoms with Gasteiger partial charge in [0.15, 0.2) is 0 Å². The van der Waals surface area contributed by atoms with E-state index in [9.17, 15) is 5.11 Å². The van der Waals surface area contributed by atoms with Gasteiger partial charge < -0.3 is 24.4 Å². The summed E-state index contributed by atoms with van der Waals surface area (Å²) in [6.07, 6.45) is 5.83. The number of rotatable bonds is 10. The lowest BCUT2D eigenvalue weighted by Crippen LogP contribution is -2.68. The molecule has 0 aliphatic heterocycles. The molecule has 4 aromatic rings. The molecule has 4 aromatic carbocycles. The number of methoxy groups -OCH3 is 2. The predicted molar refractivity (Wildman–Crippen MR) is 167 cm³/mol. The summed E-state index contributed by atoms with van der Waals surface area (Å²) in [5.41, 5.74) is 5.51. The fourth-order valence-corrected chi connectivity index (χ4v) is 4.57. The molecule has 0 aliphatic rings. The molecule has 0 saturated carbocycles. The molecule has 0 aromatic heterocycles. The van der Waals surface area contributed by atoms with Crippen molar-refractivity contribution in [2.24, 2.45) is 0 Å². The first-order valence-electron chi connectivity index (χ1n) is 13.8. The molecule has 1 unspecified atom stereocenters. The van der Waals surface area contributed by atoms with Gasteiger partial charge in [0, 0.05) is 39.6 Å². The van der Waals surface area contributed by atoms with Crippen LogP contribution in [0.1, 0.15) is 22.3 Å². The summed E-state index contributed by atoms with van der Waals surface area (Å²) in [6.45, 7) is 0. The van der Waals surface area contributed by atoms with Crippen molar-refractivity contribution in [1.82, 2.24) is 0 Å². The third-order valence-corrected chi connectivity index (χ3v) is 7.05. The molecular formula is C35H38ClN2O7-. The lowest BCUT2D eigenvalue weighted by atomic mass is 9.85. The molecule has 0 aliphatic carbocycles. The van der Waals surface area contributed by atoms with Crippen molar-refractivity contribution < 1.29 is 43.5 Å². The van der Waals surface area contributed by atoms with Crippen LogP contribution in [0.15, 0.2) is 115 Å². The average molecular weight is 634 g/mol. The Hall–Kier alpha value is -4.35. The van der Waals surface area contributed by atoms with E-state index in [-0.39, 0.29) is 0 Å². The van der Waals surface area contributed by atoms with Gasteiger partial charge in [-0.05, 0) is 82.4 Å². The van der Waals surface area contributed by atoms with E-state index in [4.69, 9.17) is 28.1 Å². The van der Waals surface area contributed by atoms with Crippen molar-refractivity contribution in [3.05, 3.63) is 138 Å². The lowest BCUT2D eigenvalue weighted by molar-refractivity contribution is -2.00. The quantitative estimate of drug-likeness (QED) is 0.260. The SMILES string of the molecule is COc1ccc(C(=CC=CC(O)(c2ccc(OC)cc2)c2ccc(N(C)C)cc2)c2ccc(N(C)C)cc2)cc1.[O-][Cl+3]([O-])([O-])[O-]. The molecule has 1 atom stereocenters. The van der Waals surface area contributed by atoms with Crippen LogP contribution in [0, 0.1) is 10.2 Å². The number of aliphatic hydroxyl groups is 1. The first-order valence-corrected chi connectivity index (χ1v) is 15.1. The molecular weight excluding hydrogens is 596 g/mol. The number of halogens is 1. The molecule has 10 heteroatoms. The van der Waals surface area contributed by atoms with Crippen molar-refractivity contribution >= 4 is 16.9 Å². The highest BCUT2D eigenvalue weighted by Gasteiger charge is 2.28. The molecule has 0 radical (unpaired) electrons. The van der Waals surface area contributed by atoms with Gasteiger partial charge in [0.05, 0.1) is 14.2 Å². The minimum absolute atomic E-state index is 0.737. The van der Waals surface area contributed by atoms with Gasteiger partial charge in [-0.15, -0.1) is 10.2 Å². The van der Waals surface area contributed by atoms with Crippen molar-refractivity contribution in [3.63, 3.8) is 0 Å². The van der Waals surface area contributed by atoms with Crippen LogP contribution in [0.4, 0.5) is 11.4 Å². The van der Waals surface area contributed by atoms with E-state index in [1.165, 1.54) is 0 Å². The van der Waals surface area contributed by atoms with Gasteiger partial charge in [-0.25, -0.2) is 18.6 Å². The van der Waals surface area contributed by atoms with Gasteiger partial charge in [0.2, 0.25) is 0 Å². The van der Waals surface area contributed by atoms with Crippen molar-refractivity contribution in [2.45, 2.75) is 5.60 Å². The molecule has 0 fully saturated rings. The van der Waals surface area contributed by atoms with Gasteiger partial charge in [-0.2, -0.15) is 0 Å².